The molecule has 1 amide bonds. The van der Waals surface area contributed by atoms with Crippen molar-refractivity contribution in [2.45, 2.75) is 33.2 Å². The molecule has 0 radical (unpaired) electrons. The second kappa shape index (κ2) is 4.62. The molecule has 0 aliphatic rings. The van der Waals surface area contributed by atoms with E-state index in [4.69, 9.17) is 5.73 Å². The lowest BCUT2D eigenvalue weighted by atomic mass is 9.74. The number of carbonyl (C=O) groups is 1. The zero-order chi connectivity index (χ0) is 14.3. The molecule has 0 unspecified atom stereocenters. The van der Waals surface area contributed by atoms with Gasteiger partial charge in [-0.05, 0) is 62.7 Å². The van der Waals surface area contributed by atoms with Gasteiger partial charge in [0.05, 0.1) is 5.41 Å². The molecule has 2 aromatic rings. The summed E-state index contributed by atoms with van der Waals surface area (Å²) in [7, 11) is 0. The summed E-state index contributed by atoms with van der Waals surface area (Å²) >= 11 is 1.69. The number of thiophene rings is 1. The molecule has 0 bridgehead atoms. The Morgan fingerprint density at radius 1 is 1.21 bits per heavy atom. The van der Waals surface area contributed by atoms with Crippen LogP contribution in [0.3, 0.4) is 0 Å². The van der Waals surface area contributed by atoms with Crippen LogP contribution >= 0.6 is 11.3 Å². The topological polar surface area (TPSA) is 55.1 Å². The highest BCUT2D eigenvalue weighted by Crippen LogP contribution is 2.31. The summed E-state index contributed by atoms with van der Waals surface area (Å²) in [5.41, 5.74) is 5.67. The average Bonchev–Trinajstić information content (AvgIpc) is 2.74. The Kier molecular flexibility index (Phi) is 3.41. The number of hydrogen-bond acceptors (Lipinski definition) is 3. The normalized spacial score (nSPS) is 12.7. The van der Waals surface area contributed by atoms with Crippen molar-refractivity contribution in [2.75, 3.05) is 5.32 Å². The van der Waals surface area contributed by atoms with E-state index < -0.39 is 11.0 Å². The van der Waals surface area contributed by atoms with Crippen molar-refractivity contribution in [3.05, 3.63) is 29.6 Å². The van der Waals surface area contributed by atoms with Crippen LogP contribution in [0.5, 0.6) is 0 Å². The number of hydrogen-bond donors (Lipinski definition) is 2. The molecule has 2 rings (SSSR count). The number of anilines is 1. The molecular weight excluding hydrogens is 256 g/mol. The van der Waals surface area contributed by atoms with Crippen LogP contribution < -0.4 is 11.1 Å². The molecule has 19 heavy (non-hydrogen) atoms. The van der Waals surface area contributed by atoms with Gasteiger partial charge in [-0.3, -0.25) is 4.79 Å². The van der Waals surface area contributed by atoms with Crippen molar-refractivity contribution in [1.29, 1.82) is 0 Å². The van der Waals surface area contributed by atoms with Crippen molar-refractivity contribution in [2.24, 2.45) is 11.1 Å². The molecule has 0 atom stereocenters. The number of nitrogens with two attached hydrogens (primary N) is 1. The maximum Gasteiger partial charge on any atom is 0.231 e. The first kappa shape index (κ1) is 14.0. The lowest BCUT2D eigenvalue weighted by Gasteiger charge is -2.36. The third kappa shape index (κ3) is 2.65. The number of carbonyl (C=O) groups excluding carboxylic acids is 1. The average molecular weight is 276 g/mol. The Bertz CT molecular complexity index is 608. The summed E-state index contributed by atoms with van der Waals surface area (Å²) < 4.78 is 1.22. The highest BCUT2D eigenvalue weighted by atomic mass is 32.1. The van der Waals surface area contributed by atoms with Gasteiger partial charge in [0.2, 0.25) is 5.91 Å². The van der Waals surface area contributed by atoms with Crippen LogP contribution in [0.4, 0.5) is 5.69 Å². The van der Waals surface area contributed by atoms with Crippen molar-refractivity contribution in [3.8, 4) is 0 Å². The van der Waals surface area contributed by atoms with E-state index in [0.717, 1.165) is 11.1 Å². The van der Waals surface area contributed by atoms with E-state index in [1.165, 1.54) is 4.70 Å². The van der Waals surface area contributed by atoms with Gasteiger partial charge in [0.25, 0.3) is 0 Å². The van der Waals surface area contributed by atoms with Crippen LogP contribution in [0.15, 0.2) is 29.6 Å². The Morgan fingerprint density at radius 3 is 2.53 bits per heavy atom. The second-order valence-corrected chi connectivity index (χ2v) is 6.92. The highest BCUT2D eigenvalue weighted by molar-refractivity contribution is 7.17. The quantitative estimate of drug-likeness (QED) is 0.900. The predicted octanol–water partition coefficient (Wildman–Crippen LogP) is 3.60. The van der Waals surface area contributed by atoms with Gasteiger partial charge in [0, 0.05) is 15.9 Å². The minimum Gasteiger partial charge on any atom is -0.326 e. The first-order chi connectivity index (χ1) is 8.72. The van der Waals surface area contributed by atoms with E-state index in [1.807, 2.05) is 57.3 Å². The van der Waals surface area contributed by atoms with Crippen LogP contribution in [0, 0.1) is 5.41 Å². The smallest absolute Gasteiger partial charge is 0.231 e. The number of amides is 1. The first-order valence-electron chi connectivity index (χ1n) is 6.29. The standard InChI is InChI=1S/C15H20N2OS/c1-14(2,15(3,4)16)13(18)17-11-5-6-12-10(9-11)7-8-19-12/h5-9H,16H2,1-4H3,(H,17,18). The first-order valence-corrected chi connectivity index (χ1v) is 7.17. The van der Waals surface area contributed by atoms with E-state index >= 15 is 0 Å². The predicted molar refractivity (Wildman–Crippen MR) is 82.5 cm³/mol. The maximum atomic E-state index is 12.4. The monoisotopic (exact) mass is 276 g/mol. The summed E-state index contributed by atoms with van der Waals surface area (Å²) in [6.45, 7) is 7.47. The van der Waals surface area contributed by atoms with Gasteiger partial charge >= 0.3 is 0 Å². The number of benzene rings is 1. The van der Waals surface area contributed by atoms with Gasteiger partial charge in [-0.25, -0.2) is 0 Å². The molecule has 1 heterocycles. The second-order valence-electron chi connectivity index (χ2n) is 5.97. The van der Waals surface area contributed by atoms with Crippen molar-refractivity contribution in [1.82, 2.24) is 0 Å². The Hall–Kier alpha value is -1.39. The number of rotatable bonds is 3. The summed E-state index contributed by atoms with van der Waals surface area (Å²) in [6.07, 6.45) is 0. The third-order valence-electron chi connectivity index (χ3n) is 3.89. The molecular formula is C15H20N2OS. The van der Waals surface area contributed by atoms with Gasteiger partial charge in [-0.15, -0.1) is 11.3 Å². The molecule has 1 aromatic carbocycles. The van der Waals surface area contributed by atoms with E-state index in [0.29, 0.717) is 0 Å². The molecule has 0 saturated carbocycles. The zero-order valence-corrected chi connectivity index (χ0v) is 12.6. The largest absolute Gasteiger partial charge is 0.326 e. The molecule has 0 aliphatic carbocycles. The molecule has 1 aromatic heterocycles. The fourth-order valence-electron chi connectivity index (χ4n) is 1.62. The molecule has 0 saturated heterocycles. The minimum atomic E-state index is -0.642. The van der Waals surface area contributed by atoms with E-state index in [1.54, 1.807) is 11.3 Å². The molecule has 0 aliphatic heterocycles. The highest BCUT2D eigenvalue weighted by Gasteiger charge is 2.40. The molecule has 3 N–H and O–H groups in total. The van der Waals surface area contributed by atoms with Crippen LogP contribution in [0.25, 0.3) is 10.1 Å². The Labute approximate surface area is 117 Å². The van der Waals surface area contributed by atoms with Crippen LogP contribution in [0.2, 0.25) is 0 Å². The van der Waals surface area contributed by atoms with Gasteiger partial charge in [-0.1, -0.05) is 0 Å². The van der Waals surface area contributed by atoms with E-state index in [9.17, 15) is 4.79 Å². The van der Waals surface area contributed by atoms with Crippen LogP contribution in [-0.4, -0.2) is 11.4 Å². The van der Waals surface area contributed by atoms with Crippen LogP contribution in [0.1, 0.15) is 27.7 Å². The van der Waals surface area contributed by atoms with Gasteiger partial charge < -0.3 is 11.1 Å². The van der Waals surface area contributed by atoms with Gasteiger partial charge in [0.1, 0.15) is 0 Å². The fourth-order valence-corrected chi connectivity index (χ4v) is 2.40. The van der Waals surface area contributed by atoms with Crippen molar-refractivity contribution in [3.63, 3.8) is 0 Å². The Balaban J connectivity index is 2.23. The van der Waals surface area contributed by atoms with Gasteiger partial charge in [-0.2, -0.15) is 0 Å². The summed E-state index contributed by atoms with van der Waals surface area (Å²) in [5, 5.41) is 6.15. The number of nitrogens with one attached hydrogen (secondary N) is 1. The Morgan fingerprint density at radius 2 is 1.89 bits per heavy atom. The van der Waals surface area contributed by atoms with E-state index in [2.05, 4.69) is 5.32 Å². The molecule has 102 valence electrons. The van der Waals surface area contributed by atoms with E-state index in [-0.39, 0.29) is 5.91 Å². The van der Waals surface area contributed by atoms with Crippen molar-refractivity contribution < 1.29 is 4.79 Å². The van der Waals surface area contributed by atoms with Crippen molar-refractivity contribution >= 4 is 33.0 Å². The SMILES string of the molecule is CC(C)(N)C(C)(C)C(=O)Nc1ccc2sccc2c1. The molecule has 0 fully saturated rings. The minimum absolute atomic E-state index is 0.0606. The molecule has 3 nitrogen and oxygen atoms in total. The van der Waals surface area contributed by atoms with Gasteiger partial charge in [0.15, 0.2) is 0 Å². The summed E-state index contributed by atoms with van der Waals surface area (Å²) in [6, 6.07) is 7.99. The summed E-state index contributed by atoms with van der Waals surface area (Å²) in [5.74, 6) is -0.0606. The zero-order valence-electron chi connectivity index (χ0n) is 11.8. The fraction of sp³-hybridized carbons (Fsp3) is 0.400. The van der Waals surface area contributed by atoms with Crippen LogP contribution in [-0.2, 0) is 4.79 Å². The molecule has 0 spiro atoms. The maximum absolute atomic E-state index is 12.4. The summed E-state index contributed by atoms with van der Waals surface area (Å²) in [4.78, 5) is 12.4. The third-order valence-corrected chi connectivity index (χ3v) is 4.79. The lowest BCUT2D eigenvalue weighted by molar-refractivity contribution is -0.126. The molecule has 4 heteroatoms. The lowest BCUT2D eigenvalue weighted by Crippen LogP contribution is -2.53. The number of fused-ring (bicyclic) bond motifs is 1.